The number of ketones is 1. The van der Waals surface area contributed by atoms with Crippen molar-refractivity contribution in [2.45, 2.75) is 6.92 Å². The van der Waals surface area contributed by atoms with Crippen LogP contribution in [0.15, 0.2) is 13.6 Å². The van der Waals surface area contributed by atoms with Crippen LogP contribution >= 0.6 is 43.2 Å². The number of carbonyl (C=O) groups excluding carboxylic acids is 2. The van der Waals surface area contributed by atoms with E-state index in [1.165, 1.54) is 16.2 Å². The van der Waals surface area contributed by atoms with E-state index in [-0.39, 0.29) is 24.8 Å². The minimum atomic E-state index is 0.000199. The van der Waals surface area contributed by atoms with Gasteiger partial charge in [0, 0.05) is 19.7 Å². The monoisotopic (exact) mass is 410 g/mol. The summed E-state index contributed by atoms with van der Waals surface area (Å²) in [6.07, 6.45) is 0. The molecule has 0 spiro atoms. The maximum atomic E-state index is 12.2. The van der Waals surface area contributed by atoms with Crippen LogP contribution in [0.3, 0.4) is 0 Å². The molecule has 106 valence electrons. The Hall–Kier alpha value is -0.240. The first-order valence-corrected chi connectivity index (χ1v) is 8.16. The molecule has 0 unspecified atom stereocenters. The van der Waals surface area contributed by atoms with Gasteiger partial charge >= 0.3 is 0 Å². The predicted molar refractivity (Wildman–Crippen MR) is 84.9 cm³/mol. The Morgan fingerprint density at radius 1 is 1.26 bits per heavy atom. The molecule has 0 aromatic carbocycles. The molecule has 1 amide bonds. The van der Waals surface area contributed by atoms with Crippen molar-refractivity contribution < 1.29 is 9.59 Å². The Bertz CT molecular complexity index is 474. The summed E-state index contributed by atoms with van der Waals surface area (Å²) in [5, 5.41) is 0. The van der Waals surface area contributed by atoms with E-state index >= 15 is 0 Å². The lowest BCUT2D eigenvalue weighted by Gasteiger charge is -2.21. The van der Waals surface area contributed by atoms with Crippen LogP contribution in [-0.4, -0.2) is 55.2 Å². The molecule has 0 aliphatic heterocycles. The van der Waals surface area contributed by atoms with Crippen molar-refractivity contribution in [3.8, 4) is 0 Å². The van der Waals surface area contributed by atoms with Crippen molar-refractivity contribution in [3.05, 3.63) is 19.2 Å². The summed E-state index contributed by atoms with van der Waals surface area (Å²) in [5.41, 5.74) is 0.660. The molecule has 0 aliphatic rings. The fraction of sp³-hybridized carbons (Fsp3) is 0.500. The van der Waals surface area contributed by atoms with Gasteiger partial charge in [-0.1, -0.05) is 6.92 Å². The Labute approximate surface area is 134 Å². The average Bonchev–Trinajstić information content (AvgIpc) is 2.67. The Morgan fingerprint density at radius 2 is 1.89 bits per heavy atom. The van der Waals surface area contributed by atoms with E-state index in [4.69, 9.17) is 0 Å². The largest absolute Gasteiger partial charge is 0.348 e. The number of amides is 1. The number of halogens is 2. The SMILES string of the molecule is CCN(CC(=O)c1cc(Br)sc1Br)CC(=O)N(C)C. The van der Waals surface area contributed by atoms with E-state index in [1.807, 2.05) is 11.8 Å². The van der Waals surface area contributed by atoms with Crippen molar-refractivity contribution >= 4 is 54.9 Å². The van der Waals surface area contributed by atoms with Gasteiger partial charge in [0.15, 0.2) is 5.78 Å². The summed E-state index contributed by atoms with van der Waals surface area (Å²) in [6.45, 7) is 3.11. The molecule has 0 saturated heterocycles. The third kappa shape index (κ3) is 4.98. The van der Waals surface area contributed by atoms with Gasteiger partial charge in [-0.05, 0) is 44.5 Å². The predicted octanol–water partition coefficient (Wildman–Crippen LogP) is 2.87. The molecule has 0 atom stereocenters. The topological polar surface area (TPSA) is 40.6 Å². The van der Waals surface area contributed by atoms with Gasteiger partial charge in [0.05, 0.1) is 20.7 Å². The zero-order valence-corrected chi connectivity index (χ0v) is 15.1. The number of Topliss-reactive ketones (excluding diaryl/α,β-unsaturated/α-hetero) is 1. The second-order valence-corrected chi connectivity index (χ2v) is 8.00. The van der Waals surface area contributed by atoms with Crippen molar-refractivity contribution in [2.24, 2.45) is 0 Å². The number of hydrogen-bond donors (Lipinski definition) is 0. The summed E-state index contributed by atoms with van der Waals surface area (Å²) < 4.78 is 1.73. The van der Waals surface area contributed by atoms with Gasteiger partial charge in [-0.2, -0.15) is 0 Å². The maximum Gasteiger partial charge on any atom is 0.236 e. The van der Waals surface area contributed by atoms with Gasteiger partial charge < -0.3 is 4.90 Å². The fourth-order valence-corrected chi connectivity index (χ4v) is 4.29. The lowest BCUT2D eigenvalue weighted by molar-refractivity contribution is -0.129. The molecule has 19 heavy (non-hydrogen) atoms. The summed E-state index contributed by atoms with van der Waals surface area (Å²) in [7, 11) is 3.43. The van der Waals surface area contributed by atoms with Crippen molar-refractivity contribution in [2.75, 3.05) is 33.7 Å². The van der Waals surface area contributed by atoms with E-state index in [2.05, 4.69) is 31.9 Å². The Balaban J connectivity index is 2.68. The molecule has 1 aromatic rings. The van der Waals surface area contributed by atoms with Crippen LogP contribution in [0.5, 0.6) is 0 Å². The second kappa shape index (κ2) is 7.52. The molecule has 0 N–H and O–H groups in total. The lowest BCUT2D eigenvalue weighted by atomic mass is 10.2. The number of thiophene rings is 1. The van der Waals surface area contributed by atoms with Crippen LogP contribution in [-0.2, 0) is 4.79 Å². The van der Waals surface area contributed by atoms with Crippen LogP contribution in [0.1, 0.15) is 17.3 Å². The van der Waals surface area contributed by atoms with Gasteiger partial charge in [0.1, 0.15) is 0 Å². The highest BCUT2D eigenvalue weighted by molar-refractivity contribution is 9.12. The summed E-state index contributed by atoms with van der Waals surface area (Å²) in [6, 6.07) is 1.80. The minimum absolute atomic E-state index is 0.000199. The fourth-order valence-electron chi connectivity index (χ4n) is 1.43. The maximum absolute atomic E-state index is 12.2. The van der Waals surface area contributed by atoms with E-state index in [9.17, 15) is 9.59 Å². The zero-order chi connectivity index (χ0) is 14.6. The molecule has 1 aromatic heterocycles. The summed E-state index contributed by atoms with van der Waals surface area (Å²) in [4.78, 5) is 27.2. The van der Waals surface area contributed by atoms with Gasteiger partial charge in [0.2, 0.25) is 5.91 Å². The molecule has 0 radical (unpaired) electrons. The molecule has 0 fully saturated rings. The lowest BCUT2D eigenvalue weighted by Crippen LogP contribution is -2.39. The Morgan fingerprint density at radius 3 is 2.32 bits per heavy atom. The van der Waals surface area contributed by atoms with E-state index in [0.29, 0.717) is 12.1 Å². The second-order valence-electron chi connectivity index (χ2n) is 4.25. The molecular formula is C12H16Br2N2O2S. The smallest absolute Gasteiger partial charge is 0.236 e. The molecular weight excluding hydrogens is 396 g/mol. The number of hydrogen-bond acceptors (Lipinski definition) is 4. The molecule has 1 heterocycles. The van der Waals surface area contributed by atoms with Crippen molar-refractivity contribution in [1.82, 2.24) is 9.80 Å². The third-order valence-electron chi connectivity index (χ3n) is 2.63. The number of carbonyl (C=O) groups is 2. The highest BCUT2D eigenvalue weighted by Crippen LogP contribution is 2.32. The minimum Gasteiger partial charge on any atom is -0.348 e. The first kappa shape index (κ1) is 16.8. The number of nitrogens with zero attached hydrogens (tertiary/aromatic N) is 2. The average molecular weight is 412 g/mol. The highest BCUT2D eigenvalue weighted by Gasteiger charge is 2.18. The van der Waals surface area contributed by atoms with E-state index < -0.39 is 0 Å². The van der Waals surface area contributed by atoms with Crippen LogP contribution in [0.25, 0.3) is 0 Å². The highest BCUT2D eigenvalue weighted by atomic mass is 79.9. The van der Waals surface area contributed by atoms with Crippen molar-refractivity contribution in [3.63, 3.8) is 0 Å². The van der Waals surface area contributed by atoms with Crippen LogP contribution in [0, 0.1) is 0 Å². The molecule has 7 heteroatoms. The molecule has 0 saturated carbocycles. The van der Waals surface area contributed by atoms with Crippen LogP contribution < -0.4 is 0 Å². The quantitative estimate of drug-likeness (QED) is 0.675. The first-order chi connectivity index (χ1) is 8.85. The normalized spacial score (nSPS) is 10.8. The standard InChI is InChI=1S/C12H16Br2N2O2S/c1-4-16(7-11(18)15(2)3)6-9(17)8-5-10(13)19-12(8)14/h5H,4,6-7H2,1-3H3. The Kier molecular flexibility index (Phi) is 6.65. The first-order valence-electron chi connectivity index (χ1n) is 5.75. The van der Waals surface area contributed by atoms with Gasteiger partial charge in [-0.25, -0.2) is 0 Å². The molecule has 4 nitrogen and oxygen atoms in total. The molecule has 0 bridgehead atoms. The number of rotatable bonds is 6. The molecule has 1 rings (SSSR count). The van der Waals surface area contributed by atoms with Gasteiger partial charge in [-0.3, -0.25) is 14.5 Å². The van der Waals surface area contributed by atoms with Gasteiger partial charge in [-0.15, -0.1) is 11.3 Å². The zero-order valence-electron chi connectivity index (χ0n) is 11.1. The van der Waals surface area contributed by atoms with Crippen molar-refractivity contribution in [1.29, 1.82) is 0 Å². The molecule has 0 aliphatic carbocycles. The van der Waals surface area contributed by atoms with E-state index in [0.717, 1.165) is 7.57 Å². The van der Waals surface area contributed by atoms with Crippen LogP contribution in [0.2, 0.25) is 0 Å². The number of likely N-dealkylation sites (N-methyl/N-ethyl adjacent to an activating group) is 2. The van der Waals surface area contributed by atoms with Gasteiger partial charge in [0.25, 0.3) is 0 Å². The third-order valence-corrected chi connectivity index (χ3v) is 4.97. The summed E-state index contributed by atoms with van der Waals surface area (Å²) >= 11 is 8.20. The van der Waals surface area contributed by atoms with E-state index in [1.54, 1.807) is 20.2 Å². The summed E-state index contributed by atoms with van der Waals surface area (Å²) in [5.74, 6) is 0.0162. The van der Waals surface area contributed by atoms with Crippen LogP contribution in [0.4, 0.5) is 0 Å².